The minimum atomic E-state index is 0.657. The molecule has 0 N–H and O–H groups in total. The van der Waals surface area contributed by atoms with Gasteiger partial charge in [0.05, 0.1) is 26.3 Å². The van der Waals surface area contributed by atoms with Crippen molar-refractivity contribution < 1.29 is 9.47 Å². The van der Waals surface area contributed by atoms with Crippen LogP contribution in [0.2, 0.25) is 0 Å². The van der Waals surface area contributed by atoms with Crippen molar-refractivity contribution >= 4 is 16.6 Å². The van der Waals surface area contributed by atoms with Crippen molar-refractivity contribution in [3.63, 3.8) is 0 Å². The van der Waals surface area contributed by atoms with E-state index in [9.17, 15) is 0 Å². The molecule has 8 nitrogen and oxygen atoms in total. The Hall–Kier alpha value is -3.23. The van der Waals surface area contributed by atoms with Crippen LogP contribution >= 0.6 is 0 Å². The van der Waals surface area contributed by atoms with Crippen LogP contribution in [0.15, 0.2) is 42.5 Å². The summed E-state index contributed by atoms with van der Waals surface area (Å²) in [6, 6.07) is 14.5. The lowest BCUT2D eigenvalue weighted by atomic mass is 10.2. The minimum absolute atomic E-state index is 0.657. The van der Waals surface area contributed by atoms with Crippen molar-refractivity contribution in [1.29, 1.82) is 0 Å². The van der Waals surface area contributed by atoms with E-state index in [1.165, 1.54) is 5.56 Å². The summed E-state index contributed by atoms with van der Waals surface area (Å²) in [7, 11) is 3.26. The average molecular weight is 433 g/mol. The summed E-state index contributed by atoms with van der Waals surface area (Å²) in [5.41, 5.74) is 2.98. The lowest BCUT2D eigenvalue weighted by Gasteiger charge is -2.34. The largest absolute Gasteiger partial charge is 0.493 e. The molecular formula is C24H28N6O2. The molecule has 0 amide bonds. The van der Waals surface area contributed by atoms with Gasteiger partial charge < -0.3 is 9.47 Å². The number of nitrogens with zero attached hydrogens (tertiary/aromatic N) is 6. The van der Waals surface area contributed by atoms with Gasteiger partial charge in [0, 0.05) is 44.2 Å². The highest BCUT2D eigenvalue weighted by atomic mass is 16.5. The van der Waals surface area contributed by atoms with E-state index in [0.29, 0.717) is 11.5 Å². The highest BCUT2D eigenvalue weighted by Crippen LogP contribution is 2.33. The SMILES string of the molecule is COc1cc2nc(C)n3c(CN4CCN(Cc5ccccc5)CC4)nnc3c2cc1OC. The zero-order valence-electron chi connectivity index (χ0n) is 18.8. The zero-order valence-corrected chi connectivity index (χ0v) is 18.8. The minimum Gasteiger partial charge on any atom is -0.493 e. The molecule has 5 rings (SSSR count). The molecule has 3 heterocycles. The fraction of sp³-hybridized carbons (Fsp3) is 0.375. The lowest BCUT2D eigenvalue weighted by Crippen LogP contribution is -2.45. The molecule has 0 spiro atoms. The molecular weight excluding hydrogens is 404 g/mol. The number of rotatable bonds is 6. The molecule has 1 saturated heterocycles. The maximum Gasteiger partial charge on any atom is 0.171 e. The Balaban J connectivity index is 1.35. The zero-order chi connectivity index (χ0) is 22.1. The molecule has 1 aliphatic rings. The monoisotopic (exact) mass is 432 g/mol. The molecule has 8 heteroatoms. The number of fused-ring (bicyclic) bond motifs is 3. The Labute approximate surface area is 187 Å². The van der Waals surface area contributed by atoms with Crippen LogP contribution in [-0.2, 0) is 13.1 Å². The third-order valence-corrected chi connectivity index (χ3v) is 6.16. The van der Waals surface area contributed by atoms with Gasteiger partial charge >= 0.3 is 0 Å². The first-order valence-corrected chi connectivity index (χ1v) is 10.9. The molecule has 2 aromatic heterocycles. The fourth-order valence-corrected chi connectivity index (χ4v) is 4.44. The molecule has 1 aliphatic heterocycles. The first-order valence-electron chi connectivity index (χ1n) is 10.9. The number of hydrogen-bond acceptors (Lipinski definition) is 7. The standard InChI is InChI=1S/C24H28N6O2/c1-17-25-20-14-22(32-3)21(31-2)13-19(20)24-27-26-23(30(17)24)16-29-11-9-28(10-12-29)15-18-7-5-4-6-8-18/h4-8,13-14H,9-12,15-16H2,1-3H3. The highest BCUT2D eigenvalue weighted by Gasteiger charge is 2.21. The van der Waals surface area contributed by atoms with Gasteiger partial charge in [0.1, 0.15) is 5.82 Å². The van der Waals surface area contributed by atoms with E-state index < -0.39 is 0 Å². The van der Waals surface area contributed by atoms with Crippen molar-refractivity contribution in [3.8, 4) is 11.5 Å². The predicted octanol–water partition coefficient (Wildman–Crippen LogP) is 2.92. The van der Waals surface area contributed by atoms with Crippen molar-refractivity contribution in [2.24, 2.45) is 0 Å². The number of aromatic nitrogens is 4. The number of aryl methyl sites for hydroxylation is 1. The van der Waals surface area contributed by atoms with Crippen LogP contribution in [0.5, 0.6) is 11.5 Å². The Kier molecular flexibility index (Phi) is 5.63. The Morgan fingerprint density at radius 2 is 1.50 bits per heavy atom. The summed E-state index contributed by atoms with van der Waals surface area (Å²) in [4.78, 5) is 9.74. The Morgan fingerprint density at radius 1 is 0.844 bits per heavy atom. The first-order chi connectivity index (χ1) is 15.7. The smallest absolute Gasteiger partial charge is 0.171 e. The van der Waals surface area contributed by atoms with Crippen LogP contribution in [0.1, 0.15) is 17.2 Å². The van der Waals surface area contributed by atoms with Crippen molar-refractivity contribution in [2.75, 3.05) is 40.4 Å². The molecule has 0 atom stereocenters. The van der Waals surface area contributed by atoms with E-state index in [1.54, 1.807) is 14.2 Å². The maximum atomic E-state index is 5.48. The van der Waals surface area contributed by atoms with E-state index in [4.69, 9.17) is 14.5 Å². The Morgan fingerprint density at radius 3 is 2.19 bits per heavy atom. The third kappa shape index (κ3) is 3.87. The lowest BCUT2D eigenvalue weighted by molar-refractivity contribution is 0.119. The summed E-state index contributed by atoms with van der Waals surface area (Å²) in [5, 5.41) is 9.95. The molecule has 4 aromatic rings. The summed E-state index contributed by atoms with van der Waals surface area (Å²) in [6.07, 6.45) is 0. The van der Waals surface area contributed by atoms with Gasteiger partial charge in [0.2, 0.25) is 0 Å². The normalized spacial score (nSPS) is 15.5. The van der Waals surface area contributed by atoms with Crippen molar-refractivity contribution in [1.82, 2.24) is 29.4 Å². The van der Waals surface area contributed by atoms with Gasteiger partial charge in [0.15, 0.2) is 23.0 Å². The molecule has 166 valence electrons. The molecule has 1 fully saturated rings. The van der Waals surface area contributed by atoms with Crippen LogP contribution in [0.4, 0.5) is 0 Å². The van der Waals surface area contributed by atoms with Gasteiger partial charge in [-0.3, -0.25) is 14.2 Å². The summed E-state index contributed by atoms with van der Waals surface area (Å²) in [5.74, 6) is 3.09. The molecule has 0 unspecified atom stereocenters. The first kappa shape index (κ1) is 20.7. The summed E-state index contributed by atoms with van der Waals surface area (Å²) >= 11 is 0. The van der Waals surface area contributed by atoms with Gasteiger partial charge in [-0.05, 0) is 18.6 Å². The van der Waals surface area contributed by atoms with Gasteiger partial charge in [-0.15, -0.1) is 10.2 Å². The molecule has 32 heavy (non-hydrogen) atoms. The summed E-state index contributed by atoms with van der Waals surface area (Å²) in [6.45, 7) is 7.85. The second-order valence-electron chi connectivity index (χ2n) is 8.20. The van der Waals surface area contributed by atoms with Gasteiger partial charge in [-0.2, -0.15) is 0 Å². The van der Waals surface area contributed by atoms with Crippen LogP contribution in [0.3, 0.4) is 0 Å². The molecule has 0 saturated carbocycles. The van der Waals surface area contributed by atoms with Crippen molar-refractivity contribution in [3.05, 3.63) is 59.7 Å². The quantitative estimate of drug-likeness (QED) is 0.464. The van der Waals surface area contributed by atoms with Gasteiger partial charge in [-0.1, -0.05) is 30.3 Å². The van der Waals surface area contributed by atoms with E-state index in [1.807, 2.05) is 19.1 Å². The average Bonchev–Trinajstić information content (AvgIpc) is 3.25. The number of benzene rings is 2. The highest BCUT2D eigenvalue weighted by molar-refractivity contribution is 5.93. The van der Waals surface area contributed by atoms with Crippen LogP contribution in [0, 0.1) is 6.92 Å². The third-order valence-electron chi connectivity index (χ3n) is 6.16. The van der Waals surface area contributed by atoms with E-state index in [2.05, 4.69) is 54.7 Å². The van der Waals surface area contributed by atoms with Gasteiger partial charge in [-0.25, -0.2) is 4.98 Å². The summed E-state index contributed by atoms with van der Waals surface area (Å²) < 4.78 is 13.0. The number of methoxy groups -OCH3 is 2. The second kappa shape index (κ2) is 8.72. The molecule has 0 radical (unpaired) electrons. The van der Waals surface area contributed by atoms with E-state index >= 15 is 0 Å². The van der Waals surface area contributed by atoms with Crippen LogP contribution in [-0.4, -0.2) is 69.8 Å². The van der Waals surface area contributed by atoms with E-state index in [0.717, 1.165) is 67.5 Å². The molecule has 0 aliphatic carbocycles. The van der Waals surface area contributed by atoms with Crippen molar-refractivity contribution in [2.45, 2.75) is 20.0 Å². The molecule has 0 bridgehead atoms. The maximum absolute atomic E-state index is 5.48. The predicted molar refractivity (Wildman–Crippen MR) is 123 cm³/mol. The van der Waals surface area contributed by atoms with Crippen LogP contribution in [0.25, 0.3) is 16.6 Å². The fourth-order valence-electron chi connectivity index (χ4n) is 4.44. The second-order valence-corrected chi connectivity index (χ2v) is 8.20. The molecule has 2 aromatic carbocycles. The number of ether oxygens (including phenoxy) is 2. The van der Waals surface area contributed by atoms with Gasteiger partial charge in [0.25, 0.3) is 0 Å². The number of piperazine rings is 1. The topological polar surface area (TPSA) is 68.0 Å². The van der Waals surface area contributed by atoms with E-state index in [-0.39, 0.29) is 0 Å². The van der Waals surface area contributed by atoms with Crippen LogP contribution < -0.4 is 9.47 Å². The number of hydrogen-bond donors (Lipinski definition) is 0. The Bertz CT molecular complexity index is 1230.